The maximum atomic E-state index is 11.5. The smallest absolute Gasteiger partial charge is 0.413 e. The SMILES string of the molecule is CC(C)c1cccc(NC(=O)OC(C)(C)C)n1. The molecule has 1 amide bonds. The number of amides is 1. The molecule has 17 heavy (non-hydrogen) atoms. The van der Waals surface area contributed by atoms with Gasteiger partial charge < -0.3 is 4.74 Å². The monoisotopic (exact) mass is 236 g/mol. The lowest BCUT2D eigenvalue weighted by atomic mass is 10.1. The molecule has 0 aliphatic carbocycles. The van der Waals surface area contributed by atoms with Gasteiger partial charge in [-0.15, -0.1) is 0 Å². The summed E-state index contributed by atoms with van der Waals surface area (Å²) in [5, 5.41) is 2.62. The average molecular weight is 236 g/mol. The van der Waals surface area contributed by atoms with Gasteiger partial charge in [0.25, 0.3) is 0 Å². The van der Waals surface area contributed by atoms with E-state index >= 15 is 0 Å². The molecule has 0 aliphatic heterocycles. The zero-order valence-electron chi connectivity index (χ0n) is 11.1. The minimum absolute atomic E-state index is 0.329. The Balaban J connectivity index is 2.69. The van der Waals surface area contributed by atoms with E-state index in [-0.39, 0.29) is 0 Å². The van der Waals surface area contributed by atoms with E-state index in [9.17, 15) is 4.79 Å². The van der Waals surface area contributed by atoms with E-state index < -0.39 is 11.7 Å². The molecule has 1 rings (SSSR count). The van der Waals surface area contributed by atoms with Gasteiger partial charge in [-0.05, 0) is 38.8 Å². The van der Waals surface area contributed by atoms with E-state index in [0.717, 1.165) is 5.69 Å². The molecule has 1 aromatic rings. The fourth-order valence-electron chi connectivity index (χ4n) is 1.25. The maximum absolute atomic E-state index is 11.5. The van der Waals surface area contributed by atoms with Crippen molar-refractivity contribution in [2.24, 2.45) is 0 Å². The number of hydrogen-bond acceptors (Lipinski definition) is 3. The molecule has 94 valence electrons. The molecule has 0 spiro atoms. The summed E-state index contributed by atoms with van der Waals surface area (Å²) < 4.78 is 5.15. The molecule has 0 fully saturated rings. The Morgan fingerprint density at radius 1 is 1.35 bits per heavy atom. The number of carbonyl (C=O) groups excluding carboxylic acids is 1. The lowest BCUT2D eigenvalue weighted by Gasteiger charge is -2.19. The lowest BCUT2D eigenvalue weighted by molar-refractivity contribution is 0.0635. The van der Waals surface area contributed by atoms with Crippen molar-refractivity contribution in [2.75, 3.05) is 5.32 Å². The van der Waals surface area contributed by atoms with Crippen LogP contribution >= 0.6 is 0 Å². The first-order valence-corrected chi connectivity index (χ1v) is 5.75. The standard InChI is InChI=1S/C13H20N2O2/c1-9(2)10-7-6-8-11(14-10)15-12(16)17-13(3,4)5/h6-9H,1-5H3,(H,14,15,16). The number of nitrogens with one attached hydrogen (secondary N) is 1. The number of hydrogen-bond donors (Lipinski definition) is 1. The van der Waals surface area contributed by atoms with Crippen molar-refractivity contribution in [3.63, 3.8) is 0 Å². The Labute approximate surface area is 102 Å². The van der Waals surface area contributed by atoms with Crippen LogP contribution in [0.25, 0.3) is 0 Å². The van der Waals surface area contributed by atoms with Gasteiger partial charge >= 0.3 is 6.09 Å². The van der Waals surface area contributed by atoms with Gasteiger partial charge in [-0.2, -0.15) is 0 Å². The molecule has 0 saturated carbocycles. The highest BCUT2D eigenvalue weighted by molar-refractivity contribution is 5.83. The molecule has 0 aliphatic rings. The molecule has 0 radical (unpaired) electrons. The summed E-state index contributed by atoms with van der Waals surface area (Å²) in [6.45, 7) is 9.58. The van der Waals surface area contributed by atoms with Crippen LogP contribution in [0.3, 0.4) is 0 Å². The van der Waals surface area contributed by atoms with E-state index in [4.69, 9.17) is 4.74 Å². The minimum atomic E-state index is -0.500. The summed E-state index contributed by atoms with van der Waals surface area (Å²) in [4.78, 5) is 15.9. The van der Waals surface area contributed by atoms with Crippen LogP contribution in [0.2, 0.25) is 0 Å². The summed E-state index contributed by atoms with van der Waals surface area (Å²) in [5.41, 5.74) is 0.443. The number of nitrogens with zero attached hydrogens (tertiary/aromatic N) is 1. The zero-order valence-corrected chi connectivity index (χ0v) is 11.1. The third-order valence-corrected chi connectivity index (χ3v) is 1.99. The Morgan fingerprint density at radius 2 is 2.00 bits per heavy atom. The van der Waals surface area contributed by atoms with Crippen LogP contribution in [0.4, 0.5) is 10.6 Å². The first kappa shape index (κ1) is 13.5. The molecule has 0 unspecified atom stereocenters. The predicted octanol–water partition coefficient (Wildman–Crippen LogP) is 3.55. The van der Waals surface area contributed by atoms with Crippen LogP contribution in [0, 0.1) is 0 Å². The van der Waals surface area contributed by atoms with E-state index in [1.54, 1.807) is 6.07 Å². The molecule has 1 heterocycles. The van der Waals surface area contributed by atoms with Crippen LogP contribution in [-0.2, 0) is 4.74 Å². The normalized spacial score (nSPS) is 11.4. The van der Waals surface area contributed by atoms with Gasteiger partial charge in [0.1, 0.15) is 11.4 Å². The van der Waals surface area contributed by atoms with Crippen LogP contribution in [0.5, 0.6) is 0 Å². The number of ether oxygens (including phenoxy) is 1. The largest absolute Gasteiger partial charge is 0.444 e. The second kappa shape index (κ2) is 5.17. The maximum Gasteiger partial charge on any atom is 0.413 e. The van der Waals surface area contributed by atoms with E-state index in [0.29, 0.717) is 11.7 Å². The lowest BCUT2D eigenvalue weighted by Crippen LogP contribution is -2.27. The van der Waals surface area contributed by atoms with E-state index in [1.807, 2.05) is 32.9 Å². The summed E-state index contributed by atoms with van der Waals surface area (Å²) in [6.07, 6.45) is -0.481. The number of rotatable bonds is 2. The van der Waals surface area contributed by atoms with Crippen molar-refractivity contribution in [3.05, 3.63) is 23.9 Å². The van der Waals surface area contributed by atoms with Crippen LogP contribution in [0.15, 0.2) is 18.2 Å². The fraction of sp³-hybridized carbons (Fsp3) is 0.538. The van der Waals surface area contributed by atoms with Crippen molar-refractivity contribution in [3.8, 4) is 0 Å². The van der Waals surface area contributed by atoms with Gasteiger partial charge in [-0.1, -0.05) is 19.9 Å². The molecular weight excluding hydrogens is 216 g/mol. The van der Waals surface area contributed by atoms with Crippen molar-refractivity contribution in [2.45, 2.75) is 46.1 Å². The molecule has 4 heteroatoms. The quantitative estimate of drug-likeness (QED) is 0.854. The summed E-state index contributed by atoms with van der Waals surface area (Å²) >= 11 is 0. The molecule has 0 saturated heterocycles. The van der Waals surface area contributed by atoms with E-state index in [1.165, 1.54) is 0 Å². The highest BCUT2D eigenvalue weighted by Gasteiger charge is 2.16. The molecule has 1 aromatic heterocycles. The number of aromatic nitrogens is 1. The van der Waals surface area contributed by atoms with Gasteiger partial charge in [-0.3, -0.25) is 5.32 Å². The van der Waals surface area contributed by atoms with Crippen molar-refractivity contribution in [1.82, 2.24) is 4.98 Å². The Morgan fingerprint density at radius 3 is 2.53 bits per heavy atom. The molecule has 0 atom stereocenters. The molecule has 4 nitrogen and oxygen atoms in total. The van der Waals surface area contributed by atoms with Gasteiger partial charge in [0.2, 0.25) is 0 Å². The second-order valence-electron chi connectivity index (χ2n) is 5.23. The predicted molar refractivity (Wildman–Crippen MR) is 68.2 cm³/mol. The Hall–Kier alpha value is -1.58. The second-order valence-corrected chi connectivity index (χ2v) is 5.23. The first-order chi connectivity index (χ1) is 7.78. The zero-order chi connectivity index (χ0) is 13.1. The van der Waals surface area contributed by atoms with Gasteiger partial charge in [0.05, 0.1) is 0 Å². The van der Waals surface area contributed by atoms with Crippen molar-refractivity contribution < 1.29 is 9.53 Å². The van der Waals surface area contributed by atoms with Crippen LogP contribution in [0.1, 0.15) is 46.2 Å². The van der Waals surface area contributed by atoms with Crippen LogP contribution < -0.4 is 5.32 Å². The summed E-state index contributed by atoms with van der Waals surface area (Å²) in [7, 11) is 0. The number of anilines is 1. The van der Waals surface area contributed by atoms with Gasteiger partial charge in [-0.25, -0.2) is 9.78 Å². The number of pyridine rings is 1. The van der Waals surface area contributed by atoms with E-state index in [2.05, 4.69) is 24.1 Å². The highest BCUT2D eigenvalue weighted by Crippen LogP contribution is 2.15. The highest BCUT2D eigenvalue weighted by atomic mass is 16.6. The molecule has 1 N–H and O–H groups in total. The first-order valence-electron chi connectivity index (χ1n) is 5.75. The topological polar surface area (TPSA) is 51.2 Å². The third-order valence-electron chi connectivity index (χ3n) is 1.99. The van der Waals surface area contributed by atoms with Gasteiger partial charge in [0, 0.05) is 5.69 Å². The summed E-state index contributed by atoms with van der Waals surface area (Å²) in [5.74, 6) is 0.848. The third kappa shape index (κ3) is 4.85. The number of carbonyl (C=O) groups is 1. The molecule has 0 aromatic carbocycles. The molecular formula is C13H20N2O2. The van der Waals surface area contributed by atoms with Crippen molar-refractivity contribution in [1.29, 1.82) is 0 Å². The van der Waals surface area contributed by atoms with Crippen LogP contribution in [-0.4, -0.2) is 16.7 Å². The average Bonchev–Trinajstić information content (AvgIpc) is 2.14. The Kier molecular flexibility index (Phi) is 4.10. The fourth-order valence-corrected chi connectivity index (χ4v) is 1.25. The minimum Gasteiger partial charge on any atom is -0.444 e. The van der Waals surface area contributed by atoms with Crippen molar-refractivity contribution >= 4 is 11.9 Å². The Bertz CT molecular complexity index is 395. The molecule has 0 bridgehead atoms. The summed E-state index contributed by atoms with van der Waals surface area (Å²) in [6, 6.07) is 5.55. The van der Waals surface area contributed by atoms with Gasteiger partial charge in [0.15, 0.2) is 0 Å².